The molecule has 0 N–H and O–H groups in total. The number of halogens is 2. The molecule has 2 rings (SSSR count). The van der Waals surface area contributed by atoms with Crippen LogP contribution in [0.25, 0.3) is 0 Å². The fraction of sp³-hybridized carbons (Fsp3) is 0.333. The first-order valence-electron chi connectivity index (χ1n) is 8.36. The van der Waals surface area contributed by atoms with Gasteiger partial charge in [-0.1, -0.05) is 43.1 Å². The highest BCUT2D eigenvalue weighted by molar-refractivity contribution is 7.89. The molecule has 0 atom stereocenters. The lowest BCUT2D eigenvalue weighted by molar-refractivity contribution is 0.0784. The van der Waals surface area contributed by atoms with Crippen LogP contribution in [0.1, 0.15) is 29.8 Å². The Kier molecular flexibility index (Phi) is 7.22. The van der Waals surface area contributed by atoms with Gasteiger partial charge in [0, 0.05) is 38.4 Å². The van der Waals surface area contributed by atoms with Crippen LogP contribution in [0.2, 0.25) is 10.2 Å². The van der Waals surface area contributed by atoms with Crippen molar-refractivity contribution in [2.24, 2.45) is 0 Å². The molecule has 0 radical (unpaired) electrons. The van der Waals surface area contributed by atoms with Crippen molar-refractivity contribution in [3.63, 3.8) is 0 Å². The number of nitrogens with zero attached hydrogens (tertiary/aromatic N) is 3. The van der Waals surface area contributed by atoms with Gasteiger partial charge in [-0.3, -0.25) is 4.79 Å². The summed E-state index contributed by atoms with van der Waals surface area (Å²) < 4.78 is 26.9. The van der Waals surface area contributed by atoms with Gasteiger partial charge in [-0.15, -0.1) is 0 Å². The van der Waals surface area contributed by atoms with Crippen molar-refractivity contribution in [3.8, 4) is 0 Å². The average Bonchev–Trinajstić information content (AvgIpc) is 2.64. The molecule has 0 fully saturated rings. The van der Waals surface area contributed by atoms with Gasteiger partial charge < -0.3 is 4.90 Å². The maximum atomic E-state index is 12.8. The van der Waals surface area contributed by atoms with Crippen molar-refractivity contribution in [1.82, 2.24) is 14.2 Å². The molecule has 0 spiro atoms. The zero-order chi connectivity index (χ0) is 20.2. The van der Waals surface area contributed by atoms with E-state index in [4.69, 9.17) is 23.2 Å². The topological polar surface area (TPSA) is 70.6 Å². The van der Waals surface area contributed by atoms with Crippen LogP contribution in [-0.2, 0) is 16.6 Å². The van der Waals surface area contributed by atoms with Crippen LogP contribution in [0.3, 0.4) is 0 Å². The minimum absolute atomic E-state index is 0.0692. The van der Waals surface area contributed by atoms with Crippen LogP contribution in [0.5, 0.6) is 0 Å². The Bertz CT molecular complexity index is 914. The molecule has 1 aromatic carbocycles. The SMILES string of the molecule is CCN(CC)S(=O)(=O)c1cc(C(=O)N(C)Cc2ccc(Cl)nc2)ccc1Cl. The van der Waals surface area contributed by atoms with Crippen molar-refractivity contribution in [1.29, 1.82) is 0 Å². The van der Waals surface area contributed by atoms with E-state index in [0.29, 0.717) is 24.8 Å². The van der Waals surface area contributed by atoms with Gasteiger partial charge in [-0.05, 0) is 29.8 Å². The highest BCUT2D eigenvalue weighted by Gasteiger charge is 2.26. The normalized spacial score (nSPS) is 11.6. The number of rotatable bonds is 7. The monoisotopic (exact) mass is 429 g/mol. The number of benzene rings is 1. The second-order valence-corrected chi connectivity index (χ2v) is 8.59. The first-order chi connectivity index (χ1) is 12.7. The van der Waals surface area contributed by atoms with Crippen molar-refractivity contribution in [3.05, 3.63) is 57.8 Å². The lowest BCUT2D eigenvalue weighted by atomic mass is 10.2. The summed E-state index contributed by atoms with van der Waals surface area (Å²) in [6.45, 7) is 4.44. The number of pyridine rings is 1. The smallest absolute Gasteiger partial charge is 0.253 e. The predicted octanol–water partition coefficient (Wildman–Crippen LogP) is 3.69. The fourth-order valence-corrected chi connectivity index (χ4v) is 4.67. The van der Waals surface area contributed by atoms with E-state index >= 15 is 0 Å². The Hall–Kier alpha value is -1.67. The maximum absolute atomic E-state index is 12.8. The molecule has 1 heterocycles. The molecule has 0 aliphatic heterocycles. The molecular formula is C18H21Cl2N3O3S. The molecule has 0 aliphatic rings. The largest absolute Gasteiger partial charge is 0.337 e. The Morgan fingerprint density at radius 1 is 1.11 bits per heavy atom. The van der Waals surface area contributed by atoms with Crippen LogP contribution < -0.4 is 0 Å². The Labute approximate surface area is 169 Å². The third kappa shape index (κ3) is 4.99. The molecule has 0 unspecified atom stereocenters. The molecule has 1 aromatic heterocycles. The molecule has 0 saturated carbocycles. The zero-order valence-corrected chi connectivity index (χ0v) is 17.6. The van der Waals surface area contributed by atoms with Crippen LogP contribution in [0.4, 0.5) is 0 Å². The van der Waals surface area contributed by atoms with Crippen molar-refractivity contribution < 1.29 is 13.2 Å². The number of sulfonamides is 1. The lowest BCUT2D eigenvalue weighted by Gasteiger charge is -2.21. The predicted molar refractivity (Wildman–Crippen MR) is 107 cm³/mol. The van der Waals surface area contributed by atoms with Gasteiger partial charge in [0.25, 0.3) is 5.91 Å². The van der Waals surface area contributed by atoms with Crippen LogP contribution >= 0.6 is 23.2 Å². The molecule has 27 heavy (non-hydrogen) atoms. The molecule has 0 bridgehead atoms. The van der Waals surface area contributed by atoms with E-state index < -0.39 is 10.0 Å². The first kappa shape index (κ1) is 21.6. The summed E-state index contributed by atoms with van der Waals surface area (Å²) in [4.78, 5) is 18.1. The highest BCUT2D eigenvalue weighted by Crippen LogP contribution is 2.26. The molecule has 1 amide bonds. The van der Waals surface area contributed by atoms with E-state index in [-0.39, 0.29) is 21.4 Å². The summed E-state index contributed by atoms with van der Waals surface area (Å²) in [6.07, 6.45) is 1.59. The summed E-state index contributed by atoms with van der Waals surface area (Å²) in [5.74, 6) is -0.322. The van der Waals surface area contributed by atoms with Gasteiger partial charge in [0.2, 0.25) is 10.0 Å². The molecule has 146 valence electrons. The van der Waals surface area contributed by atoms with E-state index in [1.54, 1.807) is 39.2 Å². The number of carbonyl (C=O) groups excluding carboxylic acids is 1. The van der Waals surface area contributed by atoms with Crippen molar-refractivity contribution in [2.75, 3.05) is 20.1 Å². The van der Waals surface area contributed by atoms with Gasteiger partial charge in [0.15, 0.2) is 0 Å². The second kappa shape index (κ2) is 9.01. The summed E-state index contributed by atoms with van der Waals surface area (Å²) in [5, 5.41) is 0.458. The van der Waals surface area contributed by atoms with Crippen LogP contribution in [0.15, 0.2) is 41.4 Å². The van der Waals surface area contributed by atoms with Gasteiger partial charge in [0.05, 0.1) is 5.02 Å². The van der Waals surface area contributed by atoms with Gasteiger partial charge in [0.1, 0.15) is 10.0 Å². The number of aromatic nitrogens is 1. The van der Waals surface area contributed by atoms with Crippen molar-refractivity contribution in [2.45, 2.75) is 25.3 Å². The fourth-order valence-electron chi connectivity index (χ4n) is 2.60. The Morgan fingerprint density at radius 3 is 2.33 bits per heavy atom. The number of hydrogen-bond acceptors (Lipinski definition) is 4. The minimum atomic E-state index is -3.77. The summed E-state index contributed by atoms with van der Waals surface area (Å²) >= 11 is 11.9. The van der Waals surface area contributed by atoms with Gasteiger partial charge >= 0.3 is 0 Å². The van der Waals surface area contributed by atoms with E-state index in [1.165, 1.54) is 27.4 Å². The van der Waals surface area contributed by atoms with Crippen molar-refractivity contribution >= 4 is 39.1 Å². The second-order valence-electron chi connectivity index (χ2n) is 5.88. The zero-order valence-electron chi connectivity index (χ0n) is 15.3. The summed E-state index contributed by atoms with van der Waals surface area (Å²) in [5.41, 5.74) is 1.05. The number of amides is 1. The Balaban J connectivity index is 2.30. The van der Waals surface area contributed by atoms with E-state index in [0.717, 1.165) is 5.56 Å². The van der Waals surface area contributed by atoms with E-state index in [1.807, 2.05) is 0 Å². The molecule has 0 aliphatic carbocycles. The third-order valence-electron chi connectivity index (χ3n) is 4.06. The number of hydrogen-bond donors (Lipinski definition) is 0. The van der Waals surface area contributed by atoms with Gasteiger partial charge in [-0.2, -0.15) is 4.31 Å². The molecule has 6 nitrogen and oxygen atoms in total. The quantitative estimate of drug-likeness (QED) is 0.629. The minimum Gasteiger partial charge on any atom is -0.337 e. The maximum Gasteiger partial charge on any atom is 0.253 e. The summed E-state index contributed by atoms with van der Waals surface area (Å²) in [6, 6.07) is 7.70. The first-order valence-corrected chi connectivity index (χ1v) is 10.6. The molecule has 0 saturated heterocycles. The van der Waals surface area contributed by atoms with E-state index in [2.05, 4.69) is 4.98 Å². The molecular weight excluding hydrogens is 409 g/mol. The highest BCUT2D eigenvalue weighted by atomic mass is 35.5. The van der Waals surface area contributed by atoms with Crippen LogP contribution in [-0.4, -0.2) is 48.7 Å². The average molecular weight is 430 g/mol. The standard InChI is InChI=1S/C18H21Cl2N3O3S/c1-4-23(5-2)27(25,26)16-10-14(7-8-15(16)19)18(24)22(3)12-13-6-9-17(20)21-11-13/h6-11H,4-5,12H2,1-3H3. The Morgan fingerprint density at radius 2 is 1.78 bits per heavy atom. The third-order valence-corrected chi connectivity index (χ3v) is 6.81. The summed E-state index contributed by atoms with van der Waals surface area (Å²) in [7, 11) is -2.14. The van der Waals surface area contributed by atoms with Crippen LogP contribution in [0, 0.1) is 0 Å². The number of carbonyl (C=O) groups is 1. The van der Waals surface area contributed by atoms with E-state index in [9.17, 15) is 13.2 Å². The lowest BCUT2D eigenvalue weighted by Crippen LogP contribution is -2.31. The molecule has 9 heteroatoms. The van der Waals surface area contributed by atoms with Gasteiger partial charge in [-0.25, -0.2) is 13.4 Å². The molecule has 2 aromatic rings.